The Bertz CT molecular complexity index is 779. The predicted octanol–water partition coefficient (Wildman–Crippen LogP) is 2.97. The van der Waals surface area contributed by atoms with Gasteiger partial charge in [-0.3, -0.25) is 9.69 Å². The Morgan fingerprint density at radius 1 is 1.07 bits per heavy atom. The van der Waals surface area contributed by atoms with Crippen LogP contribution in [-0.4, -0.2) is 56.7 Å². The maximum atomic E-state index is 13.1. The van der Waals surface area contributed by atoms with Crippen LogP contribution in [0.2, 0.25) is 0 Å². The average Bonchev–Trinajstić information content (AvgIpc) is 3.12. The Labute approximate surface area is 161 Å². The molecule has 1 saturated heterocycles. The molecule has 0 saturated carbocycles. The number of rotatable bonds is 4. The molecule has 1 aromatic carbocycles. The maximum Gasteiger partial charge on any atom is 0.237 e. The first-order valence-electron chi connectivity index (χ1n) is 10.2. The van der Waals surface area contributed by atoms with Crippen molar-refractivity contribution in [3.05, 3.63) is 36.2 Å². The zero-order valence-electron chi connectivity index (χ0n) is 16.3. The van der Waals surface area contributed by atoms with Crippen LogP contribution in [0.1, 0.15) is 45.0 Å². The molecule has 27 heavy (non-hydrogen) atoms. The first-order valence-corrected chi connectivity index (χ1v) is 10.2. The van der Waals surface area contributed by atoms with Gasteiger partial charge in [0.2, 0.25) is 5.91 Å². The number of piperidine rings is 1. The zero-order chi connectivity index (χ0) is 18.8. The van der Waals surface area contributed by atoms with E-state index in [2.05, 4.69) is 18.7 Å². The van der Waals surface area contributed by atoms with Gasteiger partial charge < -0.3 is 4.90 Å². The first-order chi connectivity index (χ1) is 13.1. The molecule has 3 heterocycles. The fraction of sp³-hybridized carbons (Fsp3) is 0.571. The van der Waals surface area contributed by atoms with Crippen LogP contribution in [-0.2, 0) is 11.3 Å². The average molecular weight is 367 g/mol. The molecule has 0 aliphatic carbocycles. The van der Waals surface area contributed by atoms with Crippen molar-refractivity contribution in [3.63, 3.8) is 0 Å². The van der Waals surface area contributed by atoms with E-state index in [-0.39, 0.29) is 11.9 Å². The topological polar surface area (TPSA) is 54.3 Å². The fourth-order valence-corrected chi connectivity index (χ4v) is 4.27. The van der Waals surface area contributed by atoms with E-state index in [1.54, 1.807) is 0 Å². The summed E-state index contributed by atoms with van der Waals surface area (Å²) in [5.41, 5.74) is 1.02. The lowest BCUT2D eigenvalue weighted by atomic mass is 9.99. The van der Waals surface area contributed by atoms with Gasteiger partial charge in [0, 0.05) is 12.1 Å². The highest BCUT2D eigenvalue weighted by Gasteiger charge is 2.36. The maximum absolute atomic E-state index is 13.1. The first kappa shape index (κ1) is 18.2. The largest absolute Gasteiger partial charge is 0.329 e. The minimum Gasteiger partial charge on any atom is -0.329 e. The van der Waals surface area contributed by atoms with E-state index in [4.69, 9.17) is 10.1 Å². The SMILES string of the molecule is CC(C)[C@H]1c2nc(-c3ccccc3)nn2CCN1C(=O)CN1CCCCC1. The van der Waals surface area contributed by atoms with Gasteiger partial charge in [0.1, 0.15) is 0 Å². The lowest BCUT2D eigenvalue weighted by Gasteiger charge is -2.39. The van der Waals surface area contributed by atoms with Gasteiger partial charge in [-0.05, 0) is 31.8 Å². The Morgan fingerprint density at radius 2 is 1.81 bits per heavy atom. The third-order valence-corrected chi connectivity index (χ3v) is 5.64. The van der Waals surface area contributed by atoms with Gasteiger partial charge >= 0.3 is 0 Å². The molecule has 2 aliphatic heterocycles. The summed E-state index contributed by atoms with van der Waals surface area (Å²) in [5, 5.41) is 4.72. The van der Waals surface area contributed by atoms with Crippen molar-refractivity contribution in [1.29, 1.82) is 0 Å². The monoisotopic (exact) mass is 367 g/mol. The highest BCUT2D eigenvalue weighted by molar-refractivity contribution is 5.79. The van der Waals surface area contributed by atoms with Crippen LogP contribution in [0.25, 0.3) is 11.4 Å². The molecular weight excluding hydrogens is 338 g/mol. The van der Waals surface area contributed by atoms with E-state index in [1.165, 1.54) is 19.3 Å². The molecule has 1 amide bonds. The summed E-state index contributed by atoms with van der Waals surface area (Å²) < 4.78 is 2.00. The zero-order valence-corrected chi connectivity index (χ0v) is 16.3. The number of carbonyl (C=O) groups excluding carboxylic acids is 1. The molecule has 1 fully saturated rings. The standard InChI is InChI=1S/C21H29N5O/c1-16(2)19-21-22-20(17-9-5-3-6-10-17)23-26(21)14-13-25(19)18(27)15-24-11-7-4-8-12-24/h3,5-6,9-10,16,19H,4,7-8,11-15H2,1-2H3/t19-/m0/s1. The number of amides is 1. The van der Waals surface area contributed by atoms with Crippen molar-refractivity contribution in [2.45, 2.75) is 45.7 Å². The second-order valence-electron chi connectivity index (χ2n) is 8.00. The fourth-order valence-electron chi connectivity index (χ4n) is 4.27. The van der Waals surface area contributed by atoms with E-state index in [0.29, 0.717) is 25.6 Å². The number of nitrogens with zero attached hydrogens (tertiary/aromatic N) is 5. The van der Waals surface area contributed by atoms with Crippen molar-refractivity contribution >= 4 is 5.91 Å². The second-order valence-corrected chi connectivity index (χ2v) is 8.00. The molecule has 0 radical (unpaired) electrons. The summed E-state index contributed by atoms with van der Waals surface area (Å²) in [5.74, 6) is 2.19. The Kier molecular flexibility index (Phi) is 5.25. The van der Waals surface area contributed by atoms with Gasteiger partial charge in [0.15, 0.2) is 11.6 Å². The van der Waals surface area contributed by atoms with Gasteiger partial charge in [0.05, 0.1) is 19.1 Å². The van der Waals surface area contributed by atoms with E-state index >= 15 is 0 Å². The Balaban J connectivity index is 1.57. The summed E-state index contributed by atoms with van der Waals surface area (Å²) in [6.07, 6.45) is 3.69. The lowest BCUT2D eigenvalue weighted by Crippen LogP contribution is -2.49. The molecule has 0 spiro atoms. The molecule has 6 heteroatoms. The van der Waals surface area contributed by atoms with Crippen molar-refractivity contribution < 1.29 is 4.79 Å². The van der Waals surface area contributed by atoms with Crippen molar-refractivity contribution in [1.82, 2.24) is 24.6 Å². The van der Waals surface area contributed by atoms with Gasteiger partial charge in [-0.15, -0.1) is 0 Å². The van der Waals surface area contributed by atoms with Crippen LogP contribution in [0.5, 0.6) is 0 Å². The molecule has 0 N–H and O–H groups in total. The van der Waals surface area contributed by atoms with E-state index < -0.39 is 0 Å². The summed E-state index contributed by atoms with van der Waals surface area (Å²) >= 11 is 0. The molecule has 144 valence electrons. The summed E-state index contributed by atoms with van der Waals surface area (Å²) in [4.78, 5) is 22.3. The summed E-state index contributed by atoms with van der Waals surface area (Å²) in [6, 6.07) is 10.1. The number of aromatic nitrogens is 3. The number of hydrogen-bond donors (Lipinski definition) is 0. The highest BCUT2D eigenvalue weighted by atomic mass is 16.2. The quantitative estimate of drug-likeness (QED) is 0.834. The molecular formula is C21H29N5O. The minimum absolute atomic E-state index is 0.0130. The third kappa shape index (κ3) is 3.76. The molecule has 6 nitrogen and oxygen atoms in total. The van der Waals surface area contributed by atoms with Crippen LogP contribution in [0.4, 0.5) is 0 Å². The van der Waals surface area contributed by atoms with Gasteiger partial charge in [-0.2, -0.15) is 5.10 Å². The molecule has 4 rings (SSSR count). The van der Waals surface area contributed by atoms with Crippen LogP contribution >= 0.6 is 0 Å². The number of carbonyl (C=O) groups is 1. The Hall–Kier alpha value is -2.21. The number of fused-ring (bicyclic) bond motifs is 1. The number of hydrogen-bond acceptors (Lipinski definition) is 4. The van der Waals surface area contributed by atoms with Crippen molar-refractivity contribution in [2.24, 2.45) is 5.92 Å². The number of benzene rings is 1. The van der Waals surface area contributed by atoms with Crippen LogP contribution in [0.15, 0.2) is 30.3 Å². The molecule has 1 aromatic heterocycles. The van der Waals surface area contributed by atoms with Crippen LogP contribution in [0.3, 0.4) is 0 Å². The van der Waals surface area contributed by atoms with Gasteiger partial charge in [-0.1, -0.05) is 50.6 Å². The smallest absolute Gasteiger partial charge is 0.237 e. The lowest BCUT2D eigenvalue weighted by molar-refractivity contribution is -0.137. The molecule has 0 bridgehead atoms. The van der Waals surface area contributed by atoms with E-state index in [1.807, 2.05) is 39.9 Å². The van der Waals surface area contributed by atoms with E-state index in [9.17, 15) is 4.79 Å². The normalized spacial score (nSPS) is 20.7. The molecule has 2 aliphatic rings. The molecule has 0 unspecified atom stereocenters. The van der Waals surface area contributed by atoms with E-state index in [0.717, 1.165) is 30.3 Å². The predicted molar refractivity (Wildman–Crippen MR) is 105 cm³/mol. The summed E-state index contributed by atoms with van der Waals surface area (Å²) in [7, 11) is 0. The van der Waals surface area contributed by atoms with Crippen LogP contribution < -0.4 is 0 Å². The molecule has 2 aromatic rings. The third-order valence-electron chi connectivity index (χ3n) is 5.64. The van der Waals surface area contributed by atoms with Crippen molar-refractivity contribution in [2.75, 3.05) is 26.2 Å². The minimum atomic E-state index is -0.0130. The highest BCUT2D eigenvalue weighted by Crippen LogP contribution is 2.32. The van der Waals surface area contributed by atoms with Gasteiger partial charge in [-0.25, -0.2) is 9.67 Å². The van der Waals surface area contributed by atoms with Crippen LogP contribution in [0, 0.1) is 5.92 Å². The summed E-state index contributed by atoms with van der Waals surface area (Å²) in [6.45, 7) is 8.37. The molecule has 1 atom stereocenters. The number of likely N-dealkylation sites (tertiary alicyclic amines) is 1. The second kappa shape index (κ2) is 7.80. The Morgan fingerprint density at radius 3 is 2.52 bits per heavy atom. The van der Waals surface area contributed by atoms with Crippen molar-refractivity contribution in [3.8, 4) is 11.4 Å². The van der Waals surface area contributed by atoms with Gasteiger partial charge in [0.25, 0.3) is 0 Å².